The summed E-state index contributed by atoms with van der Waals surface area (Å²) in [6.45, 7) is 7.06. The number of halogens is 1. The number of aliphatic hydroxyl groups is 1. The number of hydrogen-bond acceptors (Lipinski definition) is 6. The van der Waals surface area contributed by atoms with Gasteiger partial charge in [0.2, 0.25) is 0 Å². The van der Waals surface area contributed by atoms with Gasteiger partial charge in [0.15, 0.2) is 11.1 Å². The molecule has 0 amide bonds. The summed E-state index contributed by atoms with van der Waals surface area (Å²) in [7, 11) is 3.94. The highest BCUT2D eigenvalue weighted by Gasteiger charge is 2.27. The van der Waals surface area contributed by atoms with Gasteiger partial charge in [0, 0.05) is 26.0 Å². The van der Waals surface area contributed by atoms with Crippen LogP contribution in [0.2, 0.25) is 0 Å². The molecular formula is C17H28IN5O2S. The molecule has 0 aromatic carbocycles. The average molecular weight is 493 g/mol. The van der Waals surface area contributed by atoms with Crippen LogP contribution in [-0.4, -0.2) is 43.2 Å². The highest BCUT2D eigenvalue weighted by molar-refractivity contribution is 14.0. The van der Waals surface area contributed by atoms with Gasteiger partial charge in [-0.3, -0.25) is 0 Å². The van der Waals surface area contributed by atoms with E-state index in [2.05, 4.69) is 20.6 Å². The summed E-state index contributed by atoms with van der Waals surface area (Å²) in [6.07, 6.45) is 0. The molecule has 0 saturated heterocycles. The molecule has 3 N–H and O–H groups in total. The Balaban J connectivity index is 0.00000338. The summed E-state index contributed by atoms with van der Waals surface area (Å²) >= 11 is 1.59. The topological polar surface area (TPSA) is 85.9 Å². The second-order valence-corrected chi connectivity index (χ2v) is 7.09. The maximum atomic E-state index is 10.6. The van der Waals surface area contributed by atoms with E-state index in [0.717, 1.165) is 23.1 Å². The van der Waals surface area contributed by atoms with Gasteiger partial charge in [-0.2, -0.15) is 0 Å². The van der Waals surface area contributed by atoms with E-state index in [1.165, 1.54) is 0 Å². The van der Waals surface area contributed by atoms with Crippen LogP contribution in [0.25, 0.3) is 0 Å². The van der Waals surface area contributed by atoms with Crippen LogP contribution in [0.4, 0.5) is 5.13 Å². The third-order valence-corrected chi connectivity index (χ3v) is 4.59. The smallest absolute Gasteiger partial charge is 0.191 e. The van der Waals surface area contributed by atoms with E-state index in [4.69, 9.17) is 4.42 Å². The van der Waals surface area contributed by atoms with Crippen molar-refractivity contribution in [1.82, 2.24) is 15.6 Å². The van der Waals surface area contributed by atoms with Gasteiger partial charge in [-0.25, -0.2) is 9.98 Å². The normalized spacial score (nSPS) is 13.7. The molecule has 0 aliphatic heterocycles. The fourth-order valence-corrected chi connectivity index (χ4v) is 2.89. The Morgan fingerprint density at radius 3 is 2.65 bits per heavy atom. The Morgan fingerprint density at radius 2 is 2.12 bits per heavy atom. The number of hydrogen-bond donors (Lipinski definition) is 3. The van der Waals surface area contributed by atoms with Crippen molar-refractivity contribution in [2.45, 2.75) is 32.9 Å². The van der Waals surface area contributed by atoms with Crippen molar-refractivity contribution >= 4 is 46.4 Å². The summed E-state index contributed by atoms with van der Waals surface area (Å²) in [5.74, 6) is 1.94. The number of aromatic nitrogens is 1. The molecule has 1 atom stereocenters. The maximum Gasteiger partial charge on any atom is 0.191 e. The number of nitrogens with zero attached hydrogens (tertiary/aromatic N) is 3. The third-order valence-electron chi connectivity index (χ3n) is 3.54. The predicted octanol–water partition coefficient (Wildman–Crippen LogP) is 2.69. The van der Waals surface area contributed by atoms with Crippen molar-refractivity contribution in [2.24, 2.45) is 4.99 Å². The van der Waals surface area contributed by atoms with Crippen molar-refractivity contribution in [3.05, 3.63) is 34.7 Å². The standard InChI is InChI=1S/C17H27N5O2S.HI/c1-6-18-15(19-9-13-10-25-16(21-13)22(4)5)20-11-17(3,23)14-8-7-12(2)24-14;/h7-8,10,23H,6,9,11H2,1-5H3,(H2,18,19,20);1H. The van der Waals surface area contributed by atoms with Crippen molar-refractivity contribution in [1.29, 1.82) is 0 Å². The van der Waals surface area contributed by atoms with Crippen LogP contribution in [0.5, 0.6) is 0 Å². The molecule has 0 saturated carbocycles. The highest BCUT2D eigenvalue weighted by atomic mass is 127. The minimum Gasteiger partial charge on any atom is -0.463 e. The van der Waals surface area contributed by atoms with E-state index in [1.54, 1.807) is 24.3 Å². The van der Waals surface area contributed by atoms with Crippen molar-refractivity contribution in [3.63, 3.8) is 0 Å². The first-order valence-electron chi connectivity index (χ1n) is 8.25. The second kappa shape index (κ2) is 10.1. The molecule has 2 aromatic rings. The number of rotatable bonds is 7. The number of aliphatic imine (C=N–C) groups is 1. The second-order valence-electron chi connectivity index (χ2n) is 6.25. The molecule has 1 unspecified atom stereocenters. The predicted molar refractivity (Wildman–Crippen MR) is 118 cm³/mol. The Bertz CT molecular complexity index is 712. The van der Waals surface area contributed by atoms with Crippen LogP contribution < -0.4 is 15.5 Å². The van der Waals surface area contributed by atoms with Crippen molar-refractivity contribution < 1.29 is 9.52 Å². The summed E-state index contributed by atoms with van der Waals surface area (Å²) < 4.78 is 5.53. The summed E-state index contributed by atoms with van der Waals surface area (Å²) in [4.78, 5) is 11.0. The lowest BCUT2D eigenvalue weighted by atomic mass is 10.0. The monoisotopic (exact) mass is 493 g/mol. The van der Waals surface area contributed by atoms with Gasteiger partial charge in [0.1, 0.15) is 17.1 Å². The number of aryl methyl sites for hydroxylation is 1. The fourth-order valence-electron chi connectivity index (χ4n) is 2.14. The molecule has 0 aliphatic carbocycles. The molecule has 146 valence electrons. The van der Waals surface area contributed by atoms with E-state index in [9.17, 15) is 5.11 Å². The first kappa shape index (κ1) is 22.7. The maximum absolute atomic E-state index is 10.6. The van der Waals surface area contributed by atoms with Gasteiger partial charge in [-0.05, 0) is 32.9 Å². The van der Waals surface area contributed by atoms with Crippen molar-refractivity contribution in [2.75, 3.05) is 32.1 Å². The lowest BCUT2D eigenvalue weighted by Crippen LogP contribution is -2.44. The van der Waals surface area contributed by atoms with Crippen LogP contribution in [0, 0.1) is 6.92 Å². The van der Waals surface area contributed by atoms with Gasteiger partial charge in [0.25, 0.3) is 0 Å². The number of thiazole rings is 1. The first-order chi connectivity index (χ1) is 11.8. The van der Waals surface area contributed by atoms with E-state index >= 15 is 0 Å². The van der Waals surface area contributed by atoms with E-state index in [1.807, 2.05) is 44.3 Å². The fraction of sp³-hybridized carbons (Fsp3) is 0.529. The summed E-state index contributed by atoms with van der Waals surface area (Å²) in [5, 5.41) is 19.9. The Kier molecular flexibility index (Phi) is 8.84. The molecule has 0 aliphatic rings. The molecule has 7 nitrogen and oxygen atoms in total. The van der Waals surface area contributed by atoms with Crippen LogP contribution in [0.1, 0.15) is 31.1 Å². The molecule has 2 rings (SSSR count). The molecule has 2 heterocycles. The average Bonchev–Trinajstić information content (AvgIpc) is 3.19. The molecule has 26 heavy (non-hydrogen) atoms. The van der Waals surface area contributed by atoms with Gasteiger partial charge >= 0.3 is 0 Å². The lowest BCUT2D eigenvalue weighted by Gasteiger charge is -2.22. The molecule has 0 bridgehead atoms. The minimum atomic E-state index is -1.12. The summed E-state index contributed by atoms with van der Waals surface area (Å²) in [6, 6.07) is 3.63. The number of anilines is 1. The van der Waals surface area contributed by atoms with Crippen molar-refractivity contribution in [3.8, 4) is 0 Å². The zero-order chi connectivity index (χ0) is 18.4. The van der Waals surface area contributed by atoms with E-state index in [0.29, 0.717) is 18.3 Å². The number of furan rings is 1. The third kappa shape index (κ3) is 6.44. The lowest BCUT2D eigenvalue weighted by molar-refractivity contribution is 0.0378. The SMILES string of the molecule is CCNC(=NCc1csc(N(C)C)n1)NCC(C)(O)c1ccc(C)o1.I. The zero-order valence-electron chi connectivity index (χ0n) is 15.9. The molecular weight excluding hydrogens is 465 g/mol. The minimum absolute atomic E-state index is 0. The van der Waals surface area contributed by atoms with Crippen LogP contribution in [0.15, 0.2) is 26.9 Å². The molecule has 2 aromatic heterocycles. The quantitative estimate of drug-likeness (QED) is 0.313. The Labute approximate surface area is 175 Å². The van der Waals surface area contributed by atoms with Gasteiger partial charge < -0.3 is 25.1 Å². The first-order valence-corrected chi connectivity index (χ1v) is 9.13. The van der Waals surface area contributed by atoms with E-state index < -0.39 is 5.60 Å². The van der Waals surface area contributed by atoms with Gasteiger partial charge in [-0.15, -0.1) is 35.3 Å². The van der Waals surface area contributed by atoms with Crippen LogP contribution in [-0.2, 0) is 12.1 Å². The molecule has 0 spiro atoms. The molecule has 9 heteroatoms. The van der Waals surface area contributed by atoms with Crippen LogP contribution >= 0.6 is 35.3 Å². The largest absolute Gasteiger partial charge is 0.463 e. The zero-order valence-corrected chi connectivity index (χ0v) is 19.0. The van der Waals surface area contributed by atoms with Crippen LogP contribution in [0.3, 0.4) is 0 Å². The summed E-state index contributed by atoms with van der Waals surface area (Å²) in [5.41, 5.74) is -0.206. The number of nitrogens with one attached hydrogen (secondary N) is 2. The van der Waals surface area contributed by atoms with Gasteiger partial charge in [-0.1, -0.05) is 0 Å². The van der Waals surface area contributed by atoms with E-state index in [-0.39, 0.29) is 30.5 Å². The molecule has 0 fully saturated rings. The molecule has 0 radical (unpaired) electrons. The van der Waals surface area contributed by atoms with Gasteiger partial charge in [0.05, 0.1) is 18.8 Å². The highest BCUT2D eigenvalue weighted by Crippen LogP contribution is 2.22. The Morgan fingerprint density at radius 1 is 1.38 bits per heavy atom. The number of guanidine groups is 1. The Hall–Kier alpha value is -1.33.